The van der Waals surface area contributed by atoms with Gasteiger partial charge in [0.05, 0.1) is 24.0 Å². The maximum atomic E-state index is 15.0. The number of unbranched alkanes of at least 4 members (excludes halogenated alkanes) is 1. The molecule has 1 aromatic rings. The molecule has 4 rings (SSSR count). The number of rotatable bonds is 17. The Morgan fingerprint density at radius 3 is 2.39 bits per heavy atom. The SMILES string of the molecule is C=CCCC(=O)N(C)[C@@H](C)[C@@H](OC(=O)[C@H]1[C@@H]2O[C@@]3(CC2Br)[C@@H]1C(=O)N(CCCCO)[C@@H]3C(=O)N(CC=C)C(C)(C)CC(C)(C)C)c1ccccc1. The number of esters is 1. The highest BCUT2D eigenvalue weighted by molar-refractivity contribution is 9.09. The average Bonchev–Trinajstić information content (AvgIpc) is 3.66. The monoisotopic (exact) mass is 771 g/mol. The number of carbonyl (C=O) groups is 4. The van der Waals surface area contributed by atoms with Crippen molar-refractivity contribution in [2.45, 2.75) is 120 Å². The molecule has 0 radical (unpaired) electrons. The molecular weight excluding hydrogens is 714 g/mol. The van der Waals surface area contributed by atoms with Crippen LogP contribution in [0.4, 0.5) is 0 Å². The minimum Gasteiger partial charge on any atom is -0.455 e. The summed E-state index contributed by atoms with van der Waals surface area (Å²) in [7, 11) is 1.70. The minimum absolute atomic E-state index is 0.0446. The van der Waals surface area contributed by atoms with E-state index in [2.05, 4.69) is 49.9 Å². The van der Waals surface area contributed by atoms with E-state index in [9.17, 15) is 19.5 Å². The molecule has 0 aliphatic carbocycles. The second-order valence-corrected chi connectivity index (χ2v) is 17.4. The van der Waals surface area contributed by atoms with Crippen LogP contribution in [-0.2, 0) is 28.7 Å². The van der Waals surface area contributed by atoms with Crippen molar-refractivity contribution in [2.24, 2.45) is 17.3 Å². The molecule has 2 bridgehead atoms. The van der Waals surface area contributed by atoms with Gasteiger partial charge < -0.3 is 29.3 Å². The van der Waals surface area contributed by atoms with Crippen LogP contribution in [0.3, 0.4) is 0 Å². The number of benzene rings is 1. The zero-order chi connectivity index (χ0) is 37.9. The summed E-state index contributed by atoms with van der Waals surface area (Å²) in [6.45, 7) is 20.4. The first-order chi connectivity index (χ1) is 24.0. The predicted molar refractivity (Wildman–Crippen MR) is 201 cm³/mol. The van der Waals surface area contributed by atoms with Crippen molar-refractivity contribution in [1.29, 1.82) is 0 Å². The molecule has 0 aromatic heterocycles. The number of likely N-dealkylation sites (N-methyl/N-ethyl adjacent to an activating group) is 1. The van der Waals surface area contributed by atoms with Gasteiger partial charge in [-0.1, -0.05) is 79.2 Å². The number of aliphatic hydroxyl groups excluding tert-OH is 1. The molecule has 3 amide bonds. The van der Waals surface area contributed by atoms with Gasteiger partial charge in [-0.2, -0.15) is 0 Å². The van der Waals surface area contributed by atoms with E-state index in [4.69, 9.17) is 9.47 Å². The molecule has 1 N–H and O–H groups in total. The Bertz CT molecular complexity index is 1440. The summed E-state index contributed by atoms with van der Waals surface area (Å²) in [6, 6.07) is 7.78. The Kier molecular flexibility index (Phi) is 13.0. The Morgan fingerprint density at radius 1 is 1.14 bits per heavy atom. The third-order valence-electron chi connectivity index (χ3n) is 10.7. The molecule has 3 saturated heterocycles. The molecular formula is C40H58BrN3O7. The van der Waals surface area contributed by atoms with Crippen LogP contribution in [0, 0.1) is 17.3 Å². The highest BCUT2D eigenvalue weighted by atomic mass is 79.9. The fourth-order valence-electron chi connectivity index (χ4n) is 8.74. The number of fused-ring (bicyclic) bond motifs is 1. The van der Waals surface area contributed by atoms with Crippen LogP contribution in [0.15, 0.2) is 55.6 Å². The van der Waals surface area contributed by atoms with Crippen LogP contribution in [-0.4, -0.2) is 104 Å². The highest BCUT2D eigenvalue weighted by Crippen LogP contribution is 2.61. The van der Waals surface area contributed by atoms with E-state index in [1.54, 1.807) is 33.9 Å². The minimum atomic E-state index is -1.27. The summed E-state index contributed by atoms with van der Waals surface area (Å²) < 4.78 is 13.2. The lowest BCUT2D eigenvalue weighted by Crippen LogP contribution is -2.61. The molecule has 51 heavy (non-hydrogen) atoms. The first-order valence-corrected chi connectivity index (χ1v) is 19.1. The molecule has 0 saturated carbocycles. The Hall–Kier alpha value is -3.02. The van der Waals surface area contributed by atoms with Crippen LogP contribution >= 0.6 is 15.9 Å². The number of carbonyl (C=O) groups excluding carboxylic acids is 4. The van der Waals surface area contributed by atoms with Crippen molar-refractivity contribution >= 4 is 39.6 Å². The van der Waals surface area contributed by atoms with Gasteiger partial charge in [0, 0.05) is 43.5 Å². The number of nitrogens with zero attached hydrogens (tertiary/aromatic N) is 3. The van der Waals surface area contributed by atoms with E-state index < -0.39 is 53.2 Å². The van der Waals surface area contributed by atoms with E-state index in [1.165, 1.54) is 0 Å². The average molecular weight is 773 g/mol. The number of ether oxygens (including phenoxy) is 2. The molecule has 8 atom stereocenters. The summed E-state index contributed by atoms with van der Waals surface area (Å²) in [5.74, 6) is -3.19. The fourth-order valence-corrected chi connectivity index (χ4v) is 9.68. The quantitative estimate of drug-likeness (QED) is 0.0917. The van der Waals surface area contributed by atoms with Crippen molar-refractivity contribution in [3.63, 3.8) is 0 Å². The zero-order valence-electron chi connectivity index (χ0n) is 31.5. The van der Waals surface area contributed by atoms with Gasteiger partial charge in [-0.25, -0.2) is 0 Å². The van der Waals surface area contributed by atoms with E-state index in [-0.39, 0.29) is 54.1 Å². The van der Waals surface area contributed by atoms with Crippen molar-refractivity contribution in [2.75, 3.05) is 26.7 Å². The Labute approximate surface area is 312 Å². The van der Waals surface area contributed by atoms with Crippen molar-refractivity contribution < 1.29 is 33.8 Å². The van der Waals surface area contributed by atoms with Crippen molar-refractivity contribution in [3.05, 3.63) is 61.2 Å². The smallest absolute Gasteiger partial charge is 0.313 e. The topological polar surface area (TPSA) is 117 Å². The lowest BCUT2D eigenvalue weighted by molar-refractivity contribution is -0.164. The summed E-state index contributed by atoms with van der Waals surface area (Å²) in [5.41, 5.74) is -1.23. The van der Waals surface area contributed by atoms with Crippen LogP contribution in [0.25, 0.3) is 0 Å². The summed E-state index contributed by atoms with van der Waals surface area (Å²) in [5, 5.41) is 9.60. The van der Waals surface area contributed by atoms with Gasteiger partial charge in [-0.05, 0) is 63.9 Å². The van der Waals surface area contributed by atoms with Crippen LogP contribution in [0.1, 0.15) is 91.7 Å². The van der Waals surface area contributed by atoms with Gasteiger partial charge in [0.25, 0.3) is 0 Å². The van der Waals surface area contributed by atoms with E-state index >= 15 is 4.79 Å². The maximum Gasteiger partial charge on any atom is 0.313 e. The van der Waals surface area contributed by atoms with Crippen LogP contribution in [0.2, 0.25) is 0 Å². The van der Waals surface area contributed by atoms with E-state index in [1.807, 2.05) is 51.1 Å². The number of halogens is 1. The molecule has 3 fully saturated rings. The first-order valence-electron chi connectivity index (χ1n) is 18.2. The second-order valence-electron chi connectivity index (χ2n) is 16.3. The highest BCUT2D eigenvalue weighted by Gasteiger charge is 2.77. The number of hydrogen-bond acceptors (Lipinski definition) is 7. The summed E-state index contributed by atoms with van der Waals surface area (Å²) in [6.07, 6.45) is 4.68. The molecule has 10 nitrogen and oxygen atoms in total. The molecule has 1 aromatic carbocycles. The van der Waals surface area contributed by atoms with E-state index in [0.717, 1.165) is 0 Å². The van der Waals surface area contributed by atoms with Gasteiger partial charge >= 0.3 is 5.97 Å². The second kappa shape index (κ2) is 16.3. The molecule has 3 heterocycles. The normalized spacial score (nSPS) is 26.7. The number of likely N-dealkylation sites (tertiary alicyclic amines) is 1. The summed E-state index contributed by atoms with van der Waals surface area (Å²) >= 11 is 3.77. The standard InChI is InChI=1S/C40H58BrN3O7/c1-10-12-20-29(46)42(9)26(3)32(27-18-14-13-15-19-27)50-37(49)30-31-35(47)43(22-16-17-23-45)34(40(31)24-28(41)33(30)51-40)36(48)44(21-11-2)39(7,8)25-38(4,5)6/h10-11,13-15,18-19,26,28,30-34,45H,1-2,12,16-17,20-25H2,3-9H3/t26-,28?,30+,31-,32+,33+,34+,40-/m0/s1. The van der Waals surface area contributed by atoms with Crippen molar-refractivity contribution in [1.82, 2.24) is 14.7 Å². The fraction of sp³-hybridized carbons (Fsp3) is 0.650. The van der Waals surface area contributed by atoms with Crippen molar-refractivity contribution in [3.8, 4) is 0 Å². The molecule has 1 unspecified atom stereocenters. The maximum absolute atomic E-state index is 15.0. The first kappa shape index (κ1) is 40.7. The lowest BCUT2D eigenvalue weighted by Gasteiger charge is -2.45. The molecule has 3 aliphatic rings. The Morgan fingerprint density at radius 2 is 1.80 bits per heavy atom. The third kappa shape index (κ3) is 8.31. The van der Waals surface area contributed by atoms with Gasteiger partial charge in [0.1, 0.15) is 17.7 Å². The zero-order valence-corrected chi connectivity index (χ0v) is 33.1. The predicted octanol–water partition coefficient (Wildman–Crippen LogP) is 5.83. The largest absolute Gasteiger partial charge is 0.455 e. The summed E-state index contributed by atoms with van der Waals surface area (Å²) in [4.78, 5) is 62.0. The van der Waals surface area contributed by atoms with Crippen LogP contribution in [0.5, 0.6) is 0 Å². The van der Waals surface area contributed by atoms with Gasteiger partial charge in [-0.3, -0.25) is 19.2 Å². The lowest BCUT2D eigenvalue weighted by atomic mass is 9.70. The third-order valence-corrected chi connectivity index (χ3v) is 11.6. The van der Waals surface area contributed by atoms with Crippen LogP contribution < -0.4 is 0 Å². The molecule has 1 spiro atoms. The van der Waals surface area contributed by atoms with Gasteiger partial charge in [0.2, 0.25) is 17.7 Å². The molecule has 3 aliphatic heterocycles. The number of hydrogen-bond donors (Lipinski definition) is 1. The molecule has 11 heteroatoms. The number of alkyl halides is 1. The van der Waals surface area contributed by atoms with Gasteiger partial charge in [-0.15, -0.1) is 13.2 Å². The molecule has 282 valence electrons. The number of amides is 3. The number of allylic oxidation sites excluding steroid dienone is 1. The van der Waals surface area contributed by atoms with E-state index in [0.29, 0.717) is 37.7 Å². The number of aliphatic hydroxyl groups is 1. The van der Waals surface area contributed by atoms with Gasteiger partial charge in [0.15, 0.2) is 0 Å². The Balaban J connectivity index is 1.74.